The van der Waals surface area contributed by atoms with Crippen LogP contribution >= 0.6 is 0 Å². The Morgan fingerprint density at radius 1 is 1.25 bits per heavy atom. The summed E-state index contributed by atoms with van der Waals surface area (Å²) in [6, 6.07) is 4.01. The number of hydrogen-bond donors (Lipinski definition) is 2. The first-order valence-electron chi connectivity index (χ1n) is 12.0. The summed E-state index contributed by atoms with van der Waals surface area (Å²) in [7, 11) is 1.19. The Kier molecular flexibility index (Phi) is 7.51. The summed E-state index contributed by atoms with van der Waals surface area (Å²) in [5.74, 6) is -8.01. The van der Waals surface area contributed by atoms with Crippen molar-refractivity contribution in [3.63, 3.8) is 0 Å². The van der Waals surface area contributed by atoms with Crippen LogP contribution in [-0.4, -0.2) is 61.7 Å². The van der Waals surface area contributed by atoms with Crippen LogP contribution in [0.5, 0.6) is 0 Å². The topological polar surface area (TPSA) is 79.4 Å². The number of halogens is 4. The van der Waals surface area contributed by atoms with E-state index in [-0.39, 0.29) is 40.0 Å². The van der Waals surface area contributed by atoms with Gasteiger partial charge in [-0.05, 0) is 38.0 Å². The van der Waals surface area contributed by atoms with Crippen molar-refractivity contribution in [2.75, 3.05) is 50.1 Å². The second-order valence-electron chi connectivity index (χ2n) is 9.54. The van der Waals surface area contributed by atoms with Gasteiger partial charge >= 0.3 is 0 Å². The van der Waals surface area contributed by atoms with E-state index in [1.54, 1.807) is 0 Å². The second kappa shape index (κ2) is 10.3. The van der Waals surface area contributed by atoms with E-state index in [0.29, 0.717) is 32.0 Å². The summed E-state index contributed by atoms with van der Waals surface area (Å²) in [6.07, 6.45) is 2.83. The molecule has 1 aliphatic carbocycles. The number of nitrogens with zero attached hydrogens (tertiary/aromatic N) is 3. The molecular weight excluding hydrogens is 478 g/mol. The number of pyridine rings is 2. The molecule has 2 aromatic heterocycles. The lowest BCUT2D eigenvalue weighted by atomic mass is 9.89. The Morgan fingerprint density at radius 2 is 1.94 bits per heavy atom. The summed E-state index contributed by atoms with van der Waals surface area (Å²) >= 11 is 0. The fourth-order valence-corrected chi connectivity index (χ4v) is 4.24. The molecule has 1 unspecified atom stereocenters. The van der Waals surface area contributed by atoms with E-state index in [1.807, 2.05) is 4.90 Å². The fourth-order valence-electron chi connectivity index (χ4n) is 4.24. The number of piperazine rings is 1. The Balaban J connectivity index is 1.88. The molecule has 1 atom stereocenters. The van der Waals surface area contributed by atoms with Gasteiger partial charge in [0.05, 0.1) is 5.69 Å². The van der Waals surface area contributed by atoms with Crippen molar-refractivity contribution in [3.8, 4) is 11.3 Å². The number of amides is 1. The number of anilines is 2. The van der Waals surface area contributed by atoms with Crippen molar-refractivity contribution >= 4 is 17.5 Å². The van der Waals surface area contributed by atoms with Crippen LogP contribution in [-0.2, 0) is 15.5 Å². The van der Waals surface area contributed by atoms with Gasteiger partial charge in [0.1, 0.15) is 18.2 Å². The monoisotopic (exact) mass is 509 g/mol. The zero-order valence-corrected chi connectivity index (χ0v) is 20.6. The van der Waals surface area contributed by atoms with Crippen LogP contribution in [0.4, 0.5) is 29.2 Å². The summed E-state index contributed by atoms with van der Waals surface area (Å²) in [6.45, 7) is 3.70. The fraction of sp³-hybridized carbons (Fsp3) is 0.560. The number of methoxy groups -OCH3 is 1. The number of nitrogens with one attached hydrogen (secondary N) is 2. The van der Waals surface area contributed by atoms with Gasteiger partial charge in [0.25, 0.3) is 11.8 Å². The molecule has 1 saturated heterocycles. The quantitative estimate of drug-likeness (QED) is 0.488. The summed E-state index contributed by atoms with van der Waals surface area (Å²) in [4.78, 5) is 23.2. The first-order valence-corrected chi connectivity index (χ1v) is 12.0. The Bertz CT molecular complexity index is 1100. The minimum Gasteiger partial charge on any atom is -0.378 e. The van der Waals surface area contributed by atoms with Gasteiger partial charge < -0.3 is 20.3 Å². The van der Waals surface area contributed by atoms with Gasteiger partial charge in [-0.3, -0.25) is 4.79 Å². The third-order valence-corrected chi connectivity index (χ3v) is 6.65. The Hall–Kier alpha value is -2.79. The summed E-state index contributed by atoms with van der Waals surface area (Å²) in [5.41, 5.74) is 0.0545. The van der Waals surface area contributed by atoms with Crippen LogP contribution in [0.25, 0.3) is 11.3 Å². The van der Waals surface area contributed by atoms with Crippen LogP contribution in [0.1, 0.15) is 43.7 Å². The van der Waals surface area contributed by atoms with Crippen LogP contribution in [0.2, 0.25) is 0 Å². The second-order valence-corrected chi connectivity index (χ2v) is 9.54. The summed E-state index contributed by atoms with van der Waals surface area (Å²) < 4.78 is 64.0. The maximum atomic E-state index is 15.0. The minimum atomic E-state index is -3.33. The number of alkyl halides is 4. The molecule has 7 nitrogen and oxygen atoms in total. The highest BCUT2D eigenvalue weighted by Crippen LogP contribution is 2.43. The van der Waals surface area contributed by atoms with Crippen LogP contribution in [0, 0.1) is 5.92 Å². The molecule has 1 amide bonds. The van der Waals surface area contributed by atoms with E-state index in [1.165, 1.54) is 38.4 Å². The molecule has 196 valence electrons. The standard InChI is InChI=1S/C25H31F4N5O2/c1-15(24(2,26)27)21-18(6-7-31-22(21)33-23(35)16-4-5-16)19-12-17(25(28,29)14-36-3)13-20(32-19)34-10-8-30-9-11-34/h6-7,12-13,15-16,30H,4-5,8-11,14H2,1-3H3,(H,31,33,35). The average molecular weight is 510 g/mol. The van der Waals surface area contributed by atoms with Crippen LogP contribution in [0.3, 0.4) is 0 Å². The van der Waals surface area contributed by atoms with E-state index in [2.05, 4.69) is 20.6 Å². The third kappa shape index (κ3) is 5.78. The molecule has 11 heteroatoms. The lowest BCUT2D eigenvalue weighted by molar-refractivity contribution is -0.117. The average Bonchev–Trinajstić information content (AvgIpc) is 3.69. The molecule has 0 bridgehead atoms. The van der Waals surface area contributed by atoms with Gasteiger partial charge in [0.15, 0.2) is 0 Å². The number of ether oxygens (including phenoxy) is 1. The maximum absolute atomic E-state index is 15.0. The smallest absolute Gasteiger partial charge is 0.296 e. The van der Waals surface area contributed by atoms with Crippen molar-refractivity contribution in [1.82, 2.24) is 15.3 Å². The predicted molar refractivity (Wildman–Crippen MR) is 129 cm³/mol. The molecule has 2 N–H and O–H groups in total. The lowest BCUT2D eigenvalue weighted by Crippen LogP contribution is -2.44. The van der Waals surface area contributed by atoms with Gasteiger partial charge in [-0.25, -0.2) is 18.7 Å². The molecule has 1 aliphatic heterocycles. The van der Waals surface area contributed by atoms with Crippen LogP contribution < -0.4 is 15.5 Å². The zero-order valence-electron chi connectivity index (χ0n) is 20.6. The molecule has 2 fully saturated rings. The first kappa shape index (κ1) is 26.3. The lowest BCUT2D eigenvalue weighted by Gasteiger charge is -2.30. The van der Waals surface area contributed by atoms with Crippen molar-refractivity contribution in [2.45, 2.75) is 44.5 Å². The number of rotatable bonds is 9. The molecule has 0 spiro atoms. The highest BCUT2D eigenvalue weighted by molar-refractivity contribution is 5.94. The highest BCUT2D eigenvalue weighted by Gasteiger charge is 2.38. The van der Waals surface area contributed by atoms with Gasteiger partial charge in [0.2, 0.25) is 5.91 Å². The molecule has 1 saturated carbocycles. The van der Waals surface area contributed by atoms with Crippen molar-refractivity contribution in [3.05, 3.63) is 35.5 Å². The van der Waals surface area contributed by atoms with Crippen molar-refractivity contribution in [1.29, 1.82) is 0 Å². The highest BCUT2D eigenvalue weighted by atomic mass is 19.3. The van der Waals surface area contributed by atoms with Crippen molar-refractivity contribution in [2.24, 2.45) is 5.92 Å². The largest absolute Gasteiger partial charge is 0.378 e. The summed E-state index contributed by atoms with van der Waals surface area (Å²) in [5, 5.41) is 5.89. The number of carbonyl (C=O) groups is 1. The van der Waals surface area contributed by atoms with Gasteiger partial charge in [-0.1, -0.05) is 6.92 Å². The number of aromatic nitrogens is 2. The first-order chi connectivity index (χ1) is 17.0. The van der Waals surface area contributed by atoms with Gasteiger partial charge in [0, 0.05) is 68.0 Å². The van der Waals surface area contributed by atoms with Crippen LogP contribution in [0.15, 0.2) is 24.4 Å². The van der Waals surface area contributed by atoms with E-state index >= 15 is 8.78 Å². The van der Waals surface area contributed by atoms with E-state index in [4.69, 9.17) is 4.74 Å². The van der Waals surface area contributed by atoms with Gasteiger partial charge in [-0.15, -0.1) is 0 Å². The van der Waals surface area contributed by atoms with E-state index < -0.39 is 24.4 Å². The maximum Gasteiger partial charge on any atom is 0.296 e. The molecule has 0 radical (unpaired) electrons. The molecule has 36 heavy (non-hydrogen) atoms. The molecule has 4 rings (SSSR count). The molecule has 3 heterocycles. The predicted octanol–water partition coefficient (Wildman–Crippen LogP) is 4.40. The minimum absolute atomic E-state index is 0.00185. The molecule has 2 aromatic rings. The number of hydrogen-bond acceptors (Lipinski definition) is 6. The van der Waals surface area contributed by atoms with E-state index in [0.717, 1.165) is 19.8 Å². The molecule has 2 aliphatic rings. The Labute approximate surface area is 207 Å². The third-order valence-electron chi connectivity index (χ3n) is 6.65. The molecular formula is C25H31F4N5O2. The van der Waals surface area contributed by atoms with Crippen molar-refractivity contribution < 1.29 is 27.1 Å². The van der Waals surface area contributed by atoms with E-state index in [9.17, 15) is 13.6 Å². The molecule has 0 aromatic carbocycles. The Morgan fingerprint density at radius 3 is 2.56 bits per heavy atom. The normalized spacial score (nSPS) is 17.7. The zero-order chi connectivity index (χ0) is 26.1. The van der Waals surface area contributed by atoms with Gasteiger partial charge in [-0.2, -0.15) is 8.78 Å². The number of carbonyl (C=O) groups excluding carboxylic acids is 1. The SMILES string of the molecule is COCC(F)(F)c1cc(-c2ccnc(NC(=O)C3CC3)c2C(C)C(C)(F)F)nc(N2CCNCC2)c1.